The van der Waals surface area contributed by atoms with Crippen LogP contribution in [-0.4, -0.2) is 41.6 Å². The van der Waals surface area contributed by atoms with Crippen molar-refractivity contribution in [3.8, 4) is 0 Å². The summed E-state index contributed by atoms with van der Waals surface area (Å²) in [5.41, 5.74) is 0.440. The summed E-state index contributed by atoms with van der Waals surface area (Å²) in [6.07, 6.45) is 4.78. The molecule has 1 amide bonds. The second kappa shape index (κ2) is 5.33. The number of likely N-dealkylation sites (tertiary alicyclic amines) is 1. The van der Waals surface area contributed by atoms with Crippen molar-refractivity contribution in [3.05, 3.63) is 17.5 Å². The molecule has 1 aromatic rings. The Hall–Kier alpha value is -1.36. The van der Waals surface area contributed by atoms with Gasteiger partial charge in [-0.05, 0) is 45.1 Å². The molecule has 0 radical (unpaired) electrons. The molecule has 1 aromatic heterocycles. The van der Waals surface area contributed by atoms with E-state index in [-0.39, 0.29) is 5.91 Å². The summed E-state index contributed by atoms with van der Waals surface area (Å²) < 4.78 is 4.97. The Bertz CT molecular complexity index is 443. The van der Waals surface area contributed by atoms with Crippen LogP contribution in [0.4, 0.5) is 0 Å². The molecule has 0 bridgehead atoms. The first-order valence-electron chi connectivity index (χ1n) is 7.20. The Morgan fingerprint density at radius 1 is 1.42 bits per heavy atom. The van der Waals surface area contributed by atoms with Crippen LogP contribution < -0.4 is 5.32 Å². The lowest BCUT2D eigenvalue weighted by Crippen LogP contribution is -2.43. The van der Waals surface area contributed by atoms with E-state index in [2.05, 4.69) is 10.5 Å². The summed E-state index contributed by atoms with van der Waals surface area (Å²) in [5.74, 6) is 1.42. The maximum absolute atomic E-state index is 12.2. The van der Waals surface area contributed by atoms with E-state index >= 15 is 0 Å². The Morgan fingerprint density at radius 2 is 2.21 bits per heavy atom. The number of nitrogens with zero attached hydrogens (tertiary/aromatic N) is 2. The first kappa shape index (κ1) is 12.7. The van der Waals surface area contributed by atoms with Crippen LogP contribution in [0.1, 0.15) is 41.9 Å². The zero-order valence-electron chi connectivity index (χ0n) is 11.4. The monoisotopic (exact) mass is 263 g/mol. The molecule has 5 nitrogen and oxygen atoms in total. The average molecular weight is 263 g/mol. The molecule has 0 saturated carbocycles. The van der Waals surface area contributed by atoms with Gasteiger partial charge in [-0.2, -0.15) is 0 Å². The molecule has 2 saturated heterocycles. The molecule has 1 atom stereocenters. The van der Waals surface area contributed by atoms with Gasteiger partial charge in [-0.15, -0.1) is 0 Å². The van der Waals surface area contributed by atoms with Crippen molar-refractivity contribution in [3.63, 3.8) is 0 Å². The van der Waals surface area contributed by atoms with E-state index in [1.165, 1.54) is 12.8 Å². The first-order valence-corrected chi connectivity index (χ1v) is 7.20. The van der Waals surface area contributed by atoms with Crippen LogP contribution in [0.3, 0.4) is 0 Å². The van der Waals surface area contributed by atoms with Gasteiger partial charge < -0.3 is 14.7 Å². The Balaban J connectivity index is 1.56. The van der Waals surface area contributed by atoms with Crippen molar-refractivity contribution in [1.82, 2.24) is 15.4 Å². The van der Waals surface area contributed by atoms with Gasteiger partial charge in [-0.3, -0.25) is 4.79 Å². The highest BCUT2D eigenvalue weighted by Crippen LogP contribution is 2.26. The fourth-order valence-electron chi connectivity index (χ4n) is 3.25. The molecule has 104 valence electrons. The maximum atomic E-state index is 12.2. The van der Waals surface area contributed by atoms with Crippen LogP contribution in [0, 0.1) is 12.8 Å². The van der Waals surface area contributed by atoms with Crippen molar-refractivity contribution >= 4 is 5.91 Å². The van der Waals surface area contributed by atoms with Gasteiger partial charge in [-0.25, -0.2) is 0 Å². The fourth-order valence-corrected chi connectivity index (χ4v) is 3.25. The number of amides is 1. The predicted octanol–water partition coefficient (Wildman–Crippen LogP) is 1.59. The van der Waals surface area contributed by atoms with E-state index < -0.39 is 0 Å². The number of carbonyl (C=O) groups is 1. The molecule has 2 aliphatic rings. The number of aryl methyl sites for hydroxylation is 1. The third-order valence-electron chi connectivity index (χ3n) is 4.34. The van der Waals surface area contributed by atoms with Crippen molar-refractivity contribution in [2.45, 2.75) is 38.6 Å². The zero-order valence-corrected chi connectivity index (χ0v) is 11.4. The molecular weight excluding hydrogens is 242 g/mol. The van der Waals surface area contributed by atoms with E-state index in [0.29, 0.717) is 17.5 Å². The van der Waals surface area contributed by atoms with Gasteiger partial charge in [0.1, 0.15) is 5.76 Å². The fraction of sp³-hybridized carbons (Fsp3) is 0.714. The van der Waals surface area contributed by atoms with Crippen LogP contribution in [0.2, 0.25) is 0 Å². The number of hydrogen-bond donors (Lipinski definition) is 1. The Morgan fingerprint density at radius 3 is 2.79 bits per heavy atom. The smallest absolute Gasteiger partial charge is 0.276 e. The van der Waals surface area contributed by atoms with Gasteiger partial charge in [0.2, 0.25) is 0 Å². The van der Waals surface area contributed by atoms with Gasteiger partial charge in [-0.1, -0.05) is 5.16 Å². The van der Waals surface area contributed by atoms with Crippen molar-refractivity contribution in [2.75, 3.05) is 19.6 Å². The minimum Gasteiger partial charge on any atom is -0.361 e. The highest BCUT2D eigenvalue weighted by atomic mass is 16.5. The molecule has 2 aliphatic heterocycles. The standard InChI is InChI=1S/C14H21N3O2/c1-10-9-13(16-19-10)14(18)17-7-4-11(5-8-17)12-3-2-6-15-12/h9,11-12,15H,2-8H2,1H3. The molecule has 5 heteroatoms. The predicted molar refractivity (Wildman–Crippen MR) is 70.9 cm³/mol. The van der Waals surface area contributed by atoms with Crippen LogP contribution in [0.15, 0.2) is 10.6 Å². The lowest BCUT2D eigenvalue weighted by Gasteiger charge is -2.34. The number of piperidine rings is 1. The molecule has 3 rings (SSSR count). The van der Waals surface area contributed by atoms with Crippen molar-refractivity contribution in [1.29, 1.82) is 0 Å². The van der Waals surface area contributed by atoms with E-state index in [1.807, 2.05) is 11.8 Å². The highest BCUT2D eigenvalue weighted by molar-refractivity contribution is 5.92. The third kappa shape index (κ3) is 2.66. The minimum atomic E-state index is 0.00896. The highest BCUT2D eigenvalue weighted by Gasteiger charge is 2.30. The molecule has 0 spiro atoms. The van der Waals surface area contributed by atoms with E-state index in [1.54, 1.807) is 6.07 Å². The van der Waals surface area contributed by atoms with Crippen LogP contribution in [-0.2, 0) is 0 Å². The molecule has 0 aliphatic carbocycles. The molecule has 2 fully saturated rings. The van der Waals surface area contributed by atoms with Crippen LogP contribution in [0.5, 0.6) is 0 Å². The number of hydrogen-bond acceptors (Lipinski definition) is 4. The van der Waals surface area contributed by atoms with Gasteiger partial charge >= 0.3 is 0 Å². The zero-order chi connectivity index (χ0) is 13.2. The summed E-state index contributed by atoms with van der Waals surface area (Å²) in [6.45, 7) is 4.64. The number of rotatable bonds is 2. The van der Waals surface area contributed by atoms with Crippen molar-refractivity contribution < 1.29 is 9.32 Å². The number of carbonyl (C=O) groups excluding carboxylic acids is 1. The molecule has 1 N–H and O–H groups in total. The summed E-state index contributed by atoms with van der Waals surface area (Å²) in [7, 11) is 0. The molecule has 1 unspecified atom stereocenters. The topological polar surface area (TPSA) is 58.4 Å². The number of aromatic nitrogens is 1. The van der Waals surface area contributed by atoms with Gasteiger partial charge in [0, 0.05) is 25.2 Å². The molecule has 3 heterocycles. The van der Waals surface area contributed by atoms with Crippen LogP contribution >= 0.6 is 0 Å². The summed E-state index contributed by atoms with van der Waals surface area (Å²) in [4.78, 5) is 14.1. The van der Waals surface area contributed by atoms with Gasteiger partial charge in [0.05, 0.1) is 0 Å². The average Bonchev–Trinajstić information content (AvgIpc) is 3.09. The normalized spacial score (nSPS) is 24.9. The summed E-state index contributed by atoms with van der Waals surface area (Å²) in [6, 6.07) is 2.39. The molecular formula is C14H21N3O2. The Kier molecular flexibility index (Phi) is 3.55. The molecule has 0 aromatic carbocycles. The lowest BCUT2D eigenvalue weighted by atomic mass is 9.88. The Labute approximate surface area is 113 Å². The number of nitrogens with one attached hydrogen (secondary N) is 1. The van der Waals surface area contributed by atoms with Crippen molar-refractivity contribution in [2.24, 2.45) is 5.92 Å². The largest absolute Gasteiger partial charge is 0.361 e. The van der Waals surface area contributed by atoms with Crippen LogP contribution in [0.25, 0.3) is 0 Å². The van der Waals surface area contributed by atoms with Gasteiger partial charge in [0.15, 0.2) is 5.69 Å². The summed E-state index contributed by atoms with van der Waals surface area (Å²) in [5, 5.41) is 7.38. The maximum Gasteiger partial charge on any atom is 0.276 e. The second-order valence-corrected chi connectivity index (χ2v) is 5.66. The lowest BCUT2D eigenvalue weighted by molar-refractivity contribution is 0.0664. The minimum absolute atomic E-state index is 0.00896. The third-order valence-corrected chi connectivity index (χ3v) is 4.34. The summed E-state index contributed by atoms with van der Waals surface area (Å²) >= 11 is 0. The second-order valence-electron chi connectivity index (χ2n) is 5.66. The molecule has 19 heavy (non-hydrogen) atoms. The SMILES string of the molecule is Cc1cc(C(=O)N2CCC(C3CCCN3)CC2)no1. The van der Waals surface area contributed by atoms with E-state index in [9.17, 15) is 4.79 Å². The van der Waals surface area contributed by atoms with E-state index in [0.717, 1.165) is 38.4 Å². The van der Waals surface area contributed by atoms with Gasteiger partial charge in [0.25, 0.3) is 5.91 Å². The van der Waals surface area contributed by atoms with E-state index in [4.69, 9.17) is 4.52 Å². The quantitative estimate of drug-likeness (QED) is 0.880. The first-order chi connectivity index (χ1) is 9.24.